The van der Waals surface area contributed by atoms with Crippen molar-refractivity contribution in [3.05, 3.63) is 64.1 Å². The molecule has 0 N–H and O–H groups in total. The molecule has 1 aromatic carbocycles. The van der Waals surface area contributed by atoms with Gasteiger partial charge in [0.15, 0.2) is 5.16 Å². The molecule has 5 nitrogen and oxygen atoms in total. The lowest BCUT2D eigenvalue weighted by Gasteiger charge is -2.34. The number of hydrogen-bond donors (Lipinski definition) is 0. The number of thiophene rings is 1. The monoisotopic (exact) mass is 432 g/mol. The Morgan fingerprint density at radius 2 is 2.04 bits per heavy atom. The first-order valence-electron chi connectivity index (χ1n) is 9.13. The van der Waals surface area contributed by atoms with Crippen molar-refractivity contribution in [3.8, 4) is 5.69 Å². The molecule has 3 aromatic rings. The summed E-state index contributed by atoms with van der Waals surface area (Å²) in [6, 6.07) is 11.9. The second kappa shape index (κ2) is 9.13. The summed E-state index contributed by atoms with van der Waals surface area (Å²) >= 11 is 9.35. The van der Waals surface area contributed by atoms with E-state index >= 15 is 0 Å². The van der Waals surface area contributed by atoms with Gasteiger partial charge in [-0.2, -0.15) is 0 Å². The first-order chi connectivity index (χ1) is 13.7. The Morgan fingerprint density at radius 3 is 2.79 bits per heavy atom. The van der Waals surface area contributed by atoms with E-state index in [1.54, 1.807) is 17.5 Å². The van der Waals surface area contributed by atoms with E-state index in [0.717, 1.165) is 43.6 Å². The second-order valence-corrected chi connectivity index (χ2v) is 9.00. The molecule has 8 heteroatoms. The number of carbonyl (C=O) groups excluding carboxylic acids is 1. The SMILES string of the molecule is O=C(CSc1nccn1-c1cccc(Cl)c1)N1CCN(Cc2cccs2)CC1. The minimum atomic E-state index is 0.168. The molecule has 146 valence electrons. The van der Waals surface area contributed by atoms with Crippen molar-refractivity contribution in [2.24, 2.45) is 0 Å². The number of nitrogens with zero attached hydrogens (tertiary/aromatic N) is 4. The number of aromatic nitrogens is 2. The first kappa shape index (κ1) is 19.5. The number of benzene rings is 1. The lowest BCUT2D eigenvalue weighted by Crippen LogP contribution is -2.48. The number of hydrogen-bond acceptors (Lipinski definition) is 5. The molecule has 1 saturated heterocycles. The van der Waals surface area contributed by atoms with Crippen molar-refractivity contribution in [1.82, 2.24) is 19.4 Å². The molecule has 0 aliphatic carbocycles. The second-order valence-electron chi connectivity index (χ2n) is 6.58. The van der Waals surface area contributed by atoms with Gasteiger partial charge in [-0.1, -0.05) is 35.5 Å². The summed E-state index contributed by atoms with van der Waals surface area (Å²) in [6.07, 6.45) is 3.64. The molecule has 0 unspecified atom stereocenters. The number of rotatable bonds is 6. The number of halogens is 1. The highest BCUT2D eigenvalue weighted by molar-refractivity contribution is 7.99. The van der Waals surface area contributed by atoms with Crippen LogP contribution in [0.3, 0.4) is 0 Å². The van der Waals surface area contributed by atoms with Crippen molar-refractivity contribution >= 4 is 40.6 Å². The van der Waals surface area contributed by atoms with Crippen LogP contribution in [0.15, 0.2) is 59.3 Å². The maximum atomic E-state index is 12.6. The molecule has 1 aliphatic rings. The summed E-state index contributed by atoms with van der Waals surface area (Å²) in [6.45, 7) is 4.39. The fraction of sp³-hybridized carbons (Fsp3) is 0.300. The Balaban J connectivity index is 1.29. The molecule has 1 aliphatic heterocycles. The van der Waals surface area contributed by atoms with E-state index in [0.29, 0.717) is 10.8 Å². The van der Waals surface area contributed by atoms with Crippen molar-refractivity contribution < 1.29 is 4.79 Å². The molecule has 2 aromatic heterocycles. The molecule has 28 heavy (non-hydrogen) atoms. The Morgan fingerprint density at radius 1 is 1.18 bits per heavy atom. The zero-order valence-corrected chi connectivity index (χ0v) is 17.7. The van der Waals surface area contributed by atoms with Gasteiger partial charge in [0.05, 0.1) is 5.75 Å². The van der Waals surface area contributed by atoms with Crippen LogP contribution in [-0.2, 0) is 11.3 Å². The largest absolute Gasteiger partial charge is 0.339 e. The zero-order valence-electron chi connectivity index (χ0n) is 15.3. The van der Waals surface area contributed by atoms with Gasteiger partial charge >= 0.3 is 0 Å². The molecule has 0 atom stereocenters. The zero-order chi connectivity index (χ0) is 19.3. The van der Waals surface area contributed by atoms with Crippen LogP contribution in [0.4, 0.5) is 0 Å². The number of amides is 1. The van der Waals surface area contributed by atoms with Gasteiger partial charge in [-0.25, -0.2) is 4.98 Å². The summed E-state index contributed by atoms with van der Waals surface area (Å²) in [7, 11) is 0. The standard InChI is InChI=1S/C20H21ClN4OS2/c21-16-3-1-4-17(13-16)25-7-6-22-20(25)28-15-19(26)24-10-8-23(9-11-24)14-18-5-2-12-27-18/h1-7,12-13H,8-11,14-15H2. The van der Waals surface area contributed by atoms with Crippen LogP contribution in [0.25, 0.3) is 5.69 Å². The van der Waals surface area contributed by atoms with Crippen molar-refractivity contribution in [1.29, 1.82) is 0 Å². The predicted octanol–water partition coefficient (Wildman–Crippen LogP) is 4.02. The van der Waals surface area contributed by atoms with Gasteiger partial charge in [0, 0.05) is 60.7 Å². The molecule has 0 spiro atoms. The van der Waals surface area contributed by atoms with Crippen LogP contribution in [0.1, 0.15) is 4.88 Å². The van der Waals surface area contributed by atoms with Crippen molar-refractivity contribution in [3.63, 3.8) is 0 Å². The molecule has 0 radical (unpaired) electrons. The highest BCUT2D eigenvalue weighted by Crippen LogP contribution is 2.23. The van der Waals surface area contributed by atoms with Gasteiger partial charge < -0.3 is 4.90 Å². The minimum Gasteiger partial charge on any atom is -0.339 e. The lowest BCUT2D eigenvalue weighted by atomic mass is 10.3. The topological polar surface area (TPSA) is 41.4 Å². The summed E-state index contributed by atoms with van der Waals surface area (Å²) in [5.41, 5.74) is 0.946. The van der Waals surface area contributed by atoms with E-state index in [2.05, 4.69) is 27.4 Å². The van der Waals surface area contributed by atoms with Crippen LogP contribution in [0.5, 0.6) is 0 Å². The summed E-state index contributed by atoms with van der Waals surface area (Å²) in [4.78, 5) is 22.8. The van der Waals surface area contributed by atoms with Crippen LogP contribution < -0.4 is 0 Å². The Labute approximate surface area is 177 Å². The summed E-state index contributed by atoms with van der Waals surface area (Å²) < 4.78 is 1.96. The number of thioether (sulfide) groups is 1. The van der Waals surface area contributed by atoms with Crippen LogP contribution in [-0.4, -0.2) is 57.2 Å². The smallest absolute Gasteiger partial charge is 0.233 e. The minimum absolute atomic E-state index is 0.168. The van der Waals surface area contributed by atoms with Crippen molar-refractivity contribution in [2.75, 3.05) is 31.9 Å². The van der Waals surface area contributed by atoms with Gasteiger partial charge in [0.2, 0.25) is 5.91 Å². The van der Waals surface area contributed by atoms with Crippen LogP contribution >= 0.6 is 34.7 Å². The predicted molar refractivity (Wildman–Crippen MR) is 115 cm³/mol. The van der Waals surface area contributed by atoms with Crippen molar-refractivity contribution in [2.45, 2.75) is 11.7 Å². The summed E-state index contributed by atoms with van der Waals surface area (Å²) in [5, 5.41) is 3.59. The van der Waals surface area contributed by atoms with E-state index < -0.39 is 0 Å². The van der Waals surface area contributed by atoms with E-state index in [-0.39, 0.29) is 5.91 Å². The fourth-order valence-electron chi connectivity index (χ4n) is 3.21. The van der Waals surface area contributed by atoms with Gasteiger partial charge in [-0.05, 0) is 29.6 Å². The number of imidazole rings is 1. The molecular weight excluding hydrogens is 412 g/mol. The third kappa shape index (κ3) is 4.78. The molecule has 1 amide bonds. The van der Waals surface area contributed by atoms with Gasteiger partial charge in [0.1, 0.15) is 0 Å². The van der Waals surface area contributed by atoms with Gasteiger partial charge in [0.25, 0.3) is 0 Å². The molecule has 0 saturated carbocycles. The Bertz CT molecular complexity index is 920. The molecule has 3 heterocycles. The number of piperazine rings is 1. The first-order valence-corrected chi connectivity index (χ1v) is 11.4. The van der Waals surface area contributed by atoms with E-state index in [1.807, 2.05) is 39.9 Å². The van der Waals surface area contributed by atoms with Crippen LogP contribution in [0.2, 0.25) is 5.02 Å². The number of carbonyl (C=O) groups is 1. The maximum Gasteiger partial charge on any atom is 0.233 e. The average Bonchev–Trinajstić information content (AvgIpc) is 3.38. The highest BCUT2D eigenvalue weighted by Gasteiger charge is 2.22. The Hall–Kier alpha value is -1.80. The van der Waals surface area contributed by atoms with Gasteiger partial charge in [-0.15, -0.1) is 11.3 Å². The quantitative estimate of drug-likeness (QED) is 0.551. The molecular formula is C20H21ClN4OS2. The molecule has 4 rings (SSSR count). The van der Waals surface area contributed by atoms with Crippen LogP contribution in [0, 0.1) is 0 Å². The van der Waals surface area contributed by atoms with Gasteiger partial charge in [-0.3, -0.25) is 14.3 Å². The average molecular weight is 433 g/mol. The highest BCUT2D eigenvalue weighted by atomic mass is 35.5. The third-order valence-electron chi connectivity index (χ3n) is 4.70. The molecule has 1 fully saturated rings. The normalized spacial score (nSPS) is 15.1. The lowest BCUT2D eigenvalue weighted by molar-refractivity contribution is -0.130. The van der Waals surface area contributed by atoms with E-state index in [1.165, 1.54) is 16.6 Å². The maximum absolute atomic E-state index is 12.6. The van der Waals surface area contributed by atoms with E-state index in [9.17, 15) is 4.79 Å². The van der Waals surface area contributed by atoms with E-state index in [4.69, 9.17) is 11.6 Å². The Kier molecular flexibility index (Phi) is 6.36. The fourth-order valence-corrected chi connectivity index (χ4v) is 5.02. The summed E-state index contributed by atoms with van der Waals surface area (Å²) in [5.74, 6) is 0.559. The molecule has 0 bridgehead atoms. The third-order valence-corrected chi connectivity index (χ3v) is 6.75.